The number of carbonyl (C=O) groups is 1. The maximum Gasteiger partial charge on any atom is 0.330 e. The summed E-state index contributed by atoms with van der Waals surface area (Å²) in [6, 6.07) is 0. The van der Waals surface area contributed by atoms with Gasteiger partial charge < -0.3 is 20.4 Å². The average molecular weight is 292 g/mol. The zero-order valence-electron chi connectivity index (χ0n) is 12.6. The Balaban J connectivity index is 0. The van der Waals surface area contributed by atoms with Gasteiger partial charge in [0.25, 0.3) is 0 Å². The number of hydrogen-bond acceptors (Lipinski definition) is 4. The smallest absolute Gasteiger partial charge is 0.330 e. The van der Waals surface area contributed by atoms with E-state index in [1.54, 1.807) is 0 Å². The summed E-state index contributed by atoms with van der Waals surface area (Å²) in [5, 5.41) is 35.7. The second-order valence-corrected chi connectivity index (χ2v) is 11.2. The molecular weight excluding hydrogens is 264 g/mol. The van der Waals surface area contributed by atoms with Gasteiger partial charge in [0.1, 0.15) is 6.10 Å². The molecule has 0 amide bonds. The molecule has 0 saturated heterocycles. The minimum atomic E-state index is -1.45. The molecule has 4 N–H and O–H groups in total. The van der Waals surface area contributed by atoms with E-state index in [1.807, 2.05) is 6.92 Å². The van der Waals surface area contributed by atoms with E-state index < -0.39 is 26.3 Å². The molecule has 0 bridgehead atoms. The third kappa shape index (κ3) is 8.93. The summed E-state index contributed by atoms with van der Waals surface area (Å²) < 4.78 is 0. The topological polar surface area (TPSA) is 98.0 Å². The van der Waals surface area contributed by atoms with E-state index in [1.165, 1.54) is 6.92 Å². The molecule has 5 nitrogen and oxygen atoms in total. The van der Waals surface area contributed by atoms with E-state index in [0.717, 1.165) is 6.42 Å². The van der Waals surface area contributed by atoms with Crippen LogP contribution >= 0.6 is 0 Å². The first-order chi connectivity index (χ1) is 8.48. The molecule has 0 aliphatic carbocycles. The van der Waals surface area contributed by atoms with Crippen LogP contribution in [-0.4, -0.2) is 53.3 Å². The zero-order chi connectivity index (χ0) is 15.8. The molecule has 3 atom stereocenters. The van der Waals surface area contributed by atoms with Crippen molar-refractivity contribution < 1.29 is 25.2 Å². The average Bonchev–Trinajstić information content (AvgIpc) is 2.27. The molecule has 0 rings (SSSR count). The first kappa shape index (κ1) is 20.6. The highest BCUT2D eigenvalue weighted by molar-refractivity contribution is 6.77. The van der Waals surface area contributed by atoms with Gasteiger partial charge in [-0.05, 0) is 12.5 Å². The minimum Gasteiger partial charge on any atom is -0.478 e. The van der Waals surface area contributed by atoms with Gasteiger partial charge in [-0.1, -0.05) is 39.6 Å². The van der Waals surface area contributed by atoms with Crippen LogP contribution in [0.1, 0.15) is 20.3 Å². The Morgan fingerprint density at radius 2 is 1.63 bits per heavy atom. The summed E-state index contributed by atoms with van der Waals surface area (Å²) >= 11 is 0. The van der Waals surface area contributed by atoms with Gasteiger partial charge in [-0.25, -0.2) is 4.79 Å². The number of carboxylic acid groups (broad SMARTS) is 1. The Labute approximate surface area is 116 Å². The minimum absolute atomic E-state index is 0.148. The highest BCUT2D eigenvalue weighted by Crippen LogP contribution is 2.30. The lowest BCUT2D eigenvalue weighted by atomic mass is 10.1. The quantitative estimate of drug-likeness (QED) is 0.439. The van der Waals surface area contributed by atoms with Gasteiger partial charge in [-0.2, -0.15) is 0 Å². The predicted molar refractivity (Wildman–Crippen MR) is 78.9 cm³/mol. The molecule has 0 fully saturated rings. The van der Waals surface area contributed by atoms with E-state index in [-0.39, 0.29) is 17.7 Å². The monoisotopic (exact) mass is 292 g/mol. The Morgan fingerprint density at radius 1 is 1.26 bits per heavy atom. The lowest BCUT2D eigenvalue weighted by Crippen LogP contribution is -2.43. The van der Waals surface area contributed by atoms with E-state index >= 15 is 0 Å². The number of aliphatic hydroxyl groups excluding tert-OH is 3. The second-order valence-electron chi connectivity index (χ2n) is 5.71. The first-order valence-corrected chi connectivity index (χ1v) is 9.92. The maximum absolute atomic E-state index is 9.74. The van der Waals surface area contributed by atoms with Crippen molar-refractivity contribution in [3.05, 3.63) is 12.2 Å². The molecule has 3 unspecified atom stereocenters. The Kier molecular flexibility index (Phi) is 10.0. The van der Waals surface area contributed by atoms with E-state index in [9.17, 15) is 15.0 Å². The van der Waals surface area contributed by atoms with Crippen LogP contribution in [0.25, 0.3) is 0 Å². The second kappa shape index (κ2) is 9.25. The molecule has 6 heteroatoms. The molecule has 114 valence electrons. The van der Waals surface area contributed by atoms with Crippen LogP contribution in [0.4, 0.5) is 0 Å². The van der Waals surface area contributed by atoms with E-state index in [0.29, 0.717) is 0 Å². The van der Waals surface area contributed by atoms with Crippen LogP contribution in [0, 0.1) is 0 Å². The Hall–Kier alpha value is -0.693. The number of aliphatic carboxylic acids is 1. The van der Waals surface area contributed by atoms with Crippen molar-refractivity contribution in [3.63, 3.8) is 0 Å². The van der Waals surface area contributed by atoms with Gasteiger partial charge in [0.2, 0.25) is 0 Å². The Bertz CT molecular complexity index is 273. The Morgan fingerprint density at radius 3 is 1.79 bits per heavy atom. The van der Waals surface area contributed by atoms with Gasteiger partial charge in [0.05, 0.1) is 20.8 Å². The van der Waals surface area contributed by atoms with Crippen LogP contribution in [0.2, 0.25) is 25.2 Å². The van der Waals surface area contributed by atoms with Gasteiger partial charge in [0, 0.05) is 5.57 Å². The van der Waals surface area contributed by atoms with Gasteiger partial charge in [-0.3, -0.25) is 0 Å². The van der Waals surface area contributed by atoms with Crippen LogP contribution < -0.4 is 0 Å². The molecule has 0 aromatic heterocycles. The van der Waals surface area contributed by atoms with Crippen LogP contribution in [0.5, 0.6) is 0 Å². The molecular formula is C13H28O5Si. The fraction of sp³-hybridized carbons (Fsp3) is 0.769. The number of aliphatic hydroxyl groups is 3. The summed E-state index contributed by atoms with van der Waals surface area (Å²) in [6.07, 6.45) is -0.910. The van der Waals surface area contributed by atoms with Gasteiger partial charge in [-0.15, -0.1) is 0 Å². The predicted octanol–water partition coefficient (Wildman–Crippen LogP) is 1.47. The van der Waals surface area contributed by atoms with Crippen LogP contribution in [0.3, 0.4) is 0 Å². The van der Waals surface area contributed by atoms with Crippen molar-refractivity contribution in [2.75, 3.05) is 6.61 Å². The summed E-state index contributed by atoms with van der Waals surface area (Å²) in [6.45, 7) is 12.7. The summed E-state index contributed by atoms with van der Waals surface area (Å²) in [7, 11) is -1.45. The third-order valence-corrected chi connectivity index (χ3v) is 5.89. The maximum atomic E-state index is 9.74. The SMILES string of the molecule is C=C(C)C(=O)O.CCC(C(O)C(O)CO)[Si](C)(C)C. The molecule has 0 aromatic rings. The molecule has 0 heterocycles. The first-order valence-electron chi connectivity index (χ1n) is 6.34. The van der Waals surface area contributed by atoms with Crippen molar-refractivity contribution >= 4 is 14.0 Å². The largest absolute Gasteiger partial charge is 0.478 e. The van der Waals surface area contributed by atoms with Crippen LogP contribution in [-0.2, 0) is 4.79 Å². The van der Waals surface area contributed by atoms with Crippen molar-refractivity contribution in [2.45, 2.75) is 57.7 Å². The van der Waals surface area contributed by atoms with E-state index in [2.05, 4.69) is 26.2 Å². The lowest BCUT2D eigenvalue weighted by Gasteiger charge is -2.34. The summed E-state index contributed by atoms with van der Waals surface area (Å²) in [5.74, 6) is -0.935. The highest BCUT2D eigenvalue weighted by Gasteiger charge is 2.34. The summed E-state index contributed by atoms with van der Waals surface area (Å²) in [4.78, 5) is 9.60. The molecule has 0 spiro atoms. The molecule has 0 radical (unpaired) electrons. The van der Waals surface area contributed by atoms with Gasteiger partial charge in [0.15, 0.2) is 0 Å². The number of rotatable bonds is 6. The van der Waals surface area contributed by atoms with Crippen LogP contribution in [0.15, 0.2) is 12.2 Å². The lowest BCUT2D eigenvalue weighted by molar-refractivity contribution is -0.132. The van der Waals surface area contributed by atoms with Gasteiger partial charge >= 0.3 is 5.97 Å². The standard InChI is InChI=1S/C9H22O3Si.C4H6O2/c1-5-8(13(2,3)4)9(12)7(11)6-10;1-3(2)4(5)6/h7-12H,5-6H2,1-4H3;1H2,2H3,(H,5,6). The van der Waals surface area contributed by atoms with Crippen molar-refractivity contribution in [3.8, 4) is 0 Å². The summed E-state index contributed by atoms with van der Waals surface area (Å²) in [5.41, 5.74) is 0.324. The normalized spacial score (nSPS) is 15.8. The fourth-order valence-corrected chi connectivity index (χ4v) is 4.21. The third-order valence-electron chi connectivity index (χ3n) is 2.91. The molecule has 19 heavy (non-hydrogen) atoms. The highest BCUT2D eigenvalue weighted by atomic mass is 28.3. The number of carboxylic acids is 1. The molecule has 0 aromatic carbocycles. The van der Waals surface area contributed by atoms with Crippen molar-refractivity contribution in [2.24, 2.45) is 0 Å². The molecule has 0 aliphatic rings. The zero-order valence-corrected chi connectivity index (χ0v) is 13.6. The van der Waals surface area contributed by atoms with E-state index in [4.69, 9.17) is 10.2 Å². The molecule has 0 saturated carbocycles. The van der Waals surface area contributed by atoms with Crippen molar-refractivity contribution in [1.82, 2.24) is 0 Å². The number of hydrogen-bond donors (Lipinski definition) is 4. The van der Waals surface area contributed by atoms with Crippen molar-refractivity contribution in [1.29, 1.82) is 0 Å². The fourth-order valence-electron chi connectivity index (χ4n) is 1.74. The molecule has 0 aliphatic heterocycles.